The van der Waals surface area contributed by atoms with E-state index in [1.54, 1.807) is 0 Å². The summed E-state index contributed by atoms with van der Waals surface area (Å²) in [5.74, 6) is 0.666. The first-order valence-corrected chi connectivity index (χ1v) is 10.6. The summed E-state index contributed by atoms with van der Waals surface area (Å²) < 4.78 is 18.7. The minimum atomic E-state index is -0.408. The Labute approximate surface area is 176 Å². The third kappa shape index (κ3) is 4.38. The van der Waals surface area contributed by atoms with Crippen molar-refractivity contribution in [2.24, 2.45) is 5.92 Å². The van der Waals surface area contributed by atoms with Gasteiger partial charge in [0.15, 0.2) is 0 Å². The van der Waals surface area contributed by atoms with Crippen molar-refractivity contribution in [1.82, 2.24) is 4.90 Å². The van der Waals surface area contributed by atoms with Gasteiger partial charge < -0.3 is 4.74 Å². The second-order valence-corrected chi connectivity index (χ2v) is 8.02. The fourth-order valence-corrected chi connectivity index (χ4v) is 4.45. The molecule has 5 nitrogen and oxygen atoms in total. The number of amides is 2. The van der Waals surface area contributed by atoms with E-state index in [1.807, 2.05) is 19.1 Å². The number of rotatable bonds is 6. The predicted molar refractivity (Wildman–Crippen MR) is 113 cm³/mol. The zero-order valence-electron chi connectivity index (χ0n) is 17.2. The molecule has 4 rings (SSSR count). The Morgan fingerprint density at radius 2 is 1.67 bits per heavy atom. The molecule has 0 aromatic heterocycles. The van der Waals surface area contributed by atoms with Crippen LogP contribution in [0.25, 0.3) is 0 Å². The first-order chi connectivity index (χ1) is 14.5. The summed E-state index contributed by atoms with van der Waals surface area (Å²) in [5.41, 5.74) is 1.74. The standard InChI is InChI=1S/C24H27FN2O3/c1-2-30-21-9-3-17(4-10-21)15-18-11-13-26(14-12-18)22-16-23(28)27(24(22)29)20-7-5-19(25)6-8-20/h3-10,18,22H,2,11-16H2,1H3/t22-/m0/s1. The second-order valence-electron chi connectivity index (χ2n) is 8.02. The maximum Gasteiger partial charge on any atom is 0.251 e. The quantitative estimate of drug-likeness (QED) is 0.680. The van der Waals surface area contributed by atoms with E-state index in [9.17, 15) is 14.0 Å². The van der Waals surface area contributed by atoms with E-state index in [1.165, 1.54) is 34.7 Å². The van der Waals surface area contributed by atoms with E-state index in [-0.39, 0.29) is 24.1 Å². The highest BCUT2D eigenvalue weighted by Crippen LogP contribution is 2.30. The van der Waals surface area contributed by atoms with Crippen molar-refractivity contribution in [3.05, 3.63) is 59.9 Å². The van der Waals surface area contributed by atoms with E-state index in [4.69, 9.17) is 4.74 Å². The second kappa shape index (κ2) is 8.96. The Bertz CT molecular complexity index is 890. The summed E-state index contributed by atoms with van der Waals surface area (Å²) in [6.07, 6.45) is 3.21. The van der Waals surface area contributed by atoms with E-state index in [2.05, 4.69) is 17.0 Å². The van der Waals surface area contributed by atoms with Crippen molar-refractivity contribution in [1.29, 1.82) is 0 Å². The summed E-state index contributed by atoms with van der Waals surface area (Å²) in [4.78, 5) is 28.7. The Morgan fingerprint density at radius 1 is 1.00 bits per heavy atom. The minimum Gasteiger partial charge on any atom is -0.494 e. The van der Waals surface area contributed by atoms with Crippen molar-refractivity contribution in [2.75, 3.05) is 24.6 Å². The number of carbonyl (C=O) groups excluding carboxylic acids is 2. The van der Waals surface area contributed by atoms with Crippen LogP contribution in [-0.2, 0) is 16.0 Å². The van der Waals surface area contributed by atoms with Gasteiger partial charge in [-0.2, -0.15) is 0 Å². The van der Waals surface area contributed by atoms with E-state index >= 15 is 0 Å². The number of piperidine rings is 1. The van der Waals surface area contributed by atoms with Crippen LogP contribution in [0.5, 0.6) is 5.75 Å². The molecule has 2 aromatic rings. The van der Waals surface area contributed by atoms with Crippen molar-refractivity contribution in [3.8, 4) is 5.75 Å². The van der Waals surface area contributed by atoms with Crippen molar-refractivity contribution < 1.29 is 18.7 Å². The van der Waals surface area contributed by atoms with E-state index in [0.717, 1.165) is 38.1 Å². The molecule has 0 radical (unpaired) electrons. The molecule has 0 spiro atoms. The smallest absolute Gasteiger partial charge is 0.251 e. The number of anilines is 1. The summed E-state index contributed by atoms with van der Waals surface area (Å²) in [6, 6.07) is 13.4. The lowest BCUT2D eigenvalue weighted by Crippen LogP contribution is -2.46. The Hall–Kier alpha value is -2.73. The largest absolute Gasteiger partial charge is 0.494 e. The highest BCUT2D eigenvalue weighted by molar-refractivity contribution is 6.22. The van der Waals surface area contributed by atoms with Crippen LogP contribution < -0.4 is 9.64 Å². The van der Waals surface area contributed by atoms with Crippen LogP contribution in [-0.4, -0.2) is 42.5 Å². The molecule has 2 amide bonds. The molecule has 2 saturated heterocycles. The van der Waals surface area contributed by atoms with Crippen molar-refractivity contribution >= 4 is 17.5 Å². The number of nitrogens with zero attached hydrogens (tertiary/aromatic N) is 2. The number of imide groups is 1. The molecule has 0 aliphatic carbocycles. The maximum absolute atomic E-state index is 13.2. The average molecular weight is 410 g/mol. The van der Waals surface area contributed by atoms with Crippen LogP contribution in [0.2, 0.25) is 0 Å². The van der Waals surface area contributed by atoms with Gasteiger partial charge in [0.1, 0.15) is 11.6 Å². The molecule has 0 N–H and O–H groups in total. The van der Waals surface area contributed by atoms with Gasteiger partial charge in [0.2, 0.25) is 5.91 Å². The number of likely N-dealkylation sites (tertiary alicyclic amines) is 1. The molecule has 158 valence electrons. The first kappa shape index (κ1) is 20.5. The molecule has 0 unspecified atom stereocenters. The SMILES string of the molecule is CCOc1ccc(CC2CCN([C@H]3CC(=O)N(c4ccc(F)cc4)C3=O)CC2)cc1. The first-order valence-electron chi connectivity index (χ1n) is 10.6. The third-order valence-corrected chi connectivity index (χ3v) is 6.06. The third-order valence-electron chi connectivity index (χ3n) is 6.06. The summed E-state index contributed by atoms with van der Waals surface area (Å²) in [5, 5.41) is 0. The van der Waals surface area contributed by atoms with Gasteiger partial charge in [-0.25, -0.2) is 9.29 Å². The molecule has 2 aliphatic rings. The Balaban J connectivity index is 1.33. The van der Waals surface area contributed by atoms with Crippen LogP contribution in [0, 0.1) is 11.7 Å². The average Bonchev–Trinajstić information content (AvgIpc) is 3.05. The summed E-state index contributed by atoms with van der Waals surface area (Å²) >= 11 is 0. The van der Waals surface area contributed by atoms with Crippen molar-refractivity contribution in [3.63, 3.8) is 0 Å². The number of hydrogen-bond acceptors (Lipinski definition) is 4. The molecule has 2 aromatic carbocycles. The maximum atomic E-state index is 13.2. The van der Waals surface area contributed by atoms with Gasteiger partial charge in [-0.1, -0.05) is 12.1 Å². The number of carbonyl (C=O) groups is 2. The molecule has 2 fully saturated rings. The Morgan fingerprint density at radius 3 is 2.30 bits per heavy atom. The van der Waals surface area contributed by atoms with Crippen molar-refractivity contribution in [2.45, 2.75) is 38.6 Å². The van der Waals surface area contributed by atoms with Gasteiger partial charge >= 0.3 is 0 Å². The zero-order valence-corrected chi connectivity index (χ0v) is 17.2. The number of benzene rings is 2. The molecule has 6 heteroatoms. The van der Waals surface area contributed by atoms with Crippen LogP contribution in [0.3, 0.4) is 0 Å². The molecular formula is C24H27FN2O3. The molecule has 30 heavy (non-hydrogen) atoms. The van der Waals surface area contributed by atoms with Gasteiger partial charge in [-0.05, 0) is 87.2 Å². The number of ether oxygens (including phenoxy) is 1. The van der Waals surface area contributed by atoms with E-state index < -0.39 is 6.04 Å². The molecule has 0 saturated carbocycles. The van der Waals surface area contributed by atoms with E-state index in [0.29, 0.717) is 18.2 Å². The molecule has 2 heterocycles. The highest BCUT2D eigenvalue weighted by atomic mass is 19.1. The molecule has 1 atom stereocenters. The summed E-state index contributed by atoms with van der Waals surface area (Å²) in [6.45, 7) is 4.26. The topological polar surface area (TPSA) is 49.9 Å². The van der Waals surface area contributed by atoms with Gasteiger partial charge in [-0.15, -0.1) is 0 Å². The molecular weight excluding hydrogens is 383 g/mol. The van der Waals surface area contributed by atoms with Crippen LogP contribution in [0.1, 0.15) is 31.7 Å². The Kier molecular flexibility index (Phi) is 6.13. The van der Waals surface area contributed by atoms with Gasteiger partial charge in [-0.3, -0.25) is 14.5 Å². The van der Waals surface area contributed by atoms with Gasteiger partial charge in [0.25, 0.3) is 5.91 Å². The monoisotopic (exact) mass is 410 g/mol. The lowest BCUT2D eigenvalue weighted by atomic mass is 9.89. The van der Waals surface area contributed by atoms with Crippen LogP contribution in [0.4, 0.5) is 10.1 Å². The lowest BCUT2D eigenvalue weighted by molar-refractivity contribution is -0.123. The normalized spacial score (nSPS) is 20.7. The molecule has 0 bridgehead atoms. The van der Waals surface area contributed by atoms with Gasteiger partial charge in [0, 0.05) is 0 Å². The van der Waals surface area contributed by atoms with Gasteiger partial charge in [0.05, 0.1) is 24.8 Å². The fourth-order valence-electron chi connectivity index (χ4n) is 4.45. The predicted octanol–water partition coefficient (Wildman–Crippen LogP) is 3.81. The number of hydrogen-bond donors (Lipinski definition) is 0. The highest BCUT2D eigenvalue weighted by Gasteiger charge is 2.43. The van der Waals surface area contributed by atoms with Crippen LogP contribution in [0.15, 0.2) is 48.5 Å². The van der Waals surface area contributed by atoms with Crippen LogP contribution >= 0.6 is 0 Å². The number of halogens is 1. The minimum absolute atomic E-state index is 0.194. The molecule has 2 aliphatic heterocycles. The zero-order chi connectivity index (χ0) is 21.1. The summed E-state index contributed by atoms with van der Waals surface area (Å²) in [7, 11) is 0. The lowest BCUT2D eigenvalue weighted by Gasteiger charge is -2.34. The fraction of sp³-hybridized carbons (Fsp3) is 0.417.